The van der Waals surface area contributed by atoms with E-state index in [2.05, 4.69) is 0 Å². The Labute approximate surface area is 152 Å². The predicted octanol–water partition coefficient (Wildman–Crippen LogP) is 4.48. The van der Waals surface area contributed by atoms with Crippen LogP contribution in [0.15, 0.2) is 36.4 Å². The van der Waals surface area contributed by atoms with Crippen molar-refractivity contribution in [1.82, 2.24) is 4.90 Å². The van der Waals surface area contributed by atoms with Gasteiger partial charge in [-0.2, -0.15) is 0 Å². The van der Waals surface area contributed by atoms with Gasteiger partial charge in [-0.15, -0.1) is 11.3 Å². The van der Waals surface area contributed by atoms with Crippen molar-refractivity contribution < 1.29 is 14.3 Å². The van der Waals surface area contributed by atoms with Gasteiger partial charge in [-0.3, -0.25) is 4.79 Å². The van der Waals surface area contributed by atoms with Crippen LogP contribution >= 0.6 is 22.9 Å². The lowest BCUT2D eigenvalue weighted by Crippen LogP contribution is -2.30. The zero-order valence-electron chi connectivity index (χ0n) is 14.0. The smallest absolute Gasteiger partial charge is 0.257 e. The first-order valence-electron chi connectivity index (χ1n) is 7.98. The van der Waals surface area contributed by atoms with Crippen LogP contribution in [0, 0.1) is 0 Å². The number of carbonyl (C=O) groups is 1. The van der Waals surface area contributed by atoms with Crippen molar-refractivity contribution in [1.29, 1.82) is 0 Å². The van der Waals surface area contributed by atoms with Crippen LogP contribution in [0.4, 0.5) is 0 Å². The number of halogens is 1. The van der Waals surface area contributed by atoms with E-state index in [0.717, 1.165) is 9.21 Å². The molecular weight excluding hydrogens is 346 g/mol. The lowest BCUT2D eigenvalue weighted by Gasteiger charge is -2.21. The van der Waals surface area contributed by atoms with Crippen molar-refractivity contribution in [3.63, 3.8) is 0 Å². The number of hydrogen-bond acceptors (Lipinski definition) is 4. The van der Waals surface area contributed by atoms with Crippen molar-refractivity contribution in [3.8, 4) is 5.75 Å². The fourth-order valence-corrected chi connectivity index (χ4v) is 3.35. The molecule has 0 fully saturated rings. The van der Waals surface area contributed by atoms with Gasteiger partial charge in [0.25, 0.3) is 5.91 Å². The lowest BCUT2D eigenvalue weighted by atomic mass is 10.1. The summed E-state index contributed by atoms with van der Waals surface area (Å²) in [5.41, 5.74) is 0.568. The third-order valence-corrected chi connectivity index (χ3v) is 4.67. The van der Waals surface area contributed by atoms with Gasteiger partial charge in [-0.1, -0.05) is 23.7 Å². The van der Waals surface area contributed by atoms with Crippen LogP contribution < -0.4 is 4.74 Å². The van der Waals surface area contributed by atoms with E-state index in [9.17, 15) is 4.79 Å². The summed E-state index contributed by atoms with van der Waals surface area (Å²) < 4.78 is 11.7. The maximum absolute atomic E-state index is 12.9. The van der Waals surface area contributed by atoms with E-state index in [0.29, 0.717) is 44.2 Å². The third-order valence-electron chi connectivity index (χ3n) is 3.45. The number of benzene rings is 1. The standard InChI is InChI=1S/C18H22ClNO3S/c1-3-20(13-14-9-10-17(19)24-14)18(21)15-7-5-6-8-16(15)23-12-11-22-4-2/h5-10H,3-4,11-13H2,1-2H3. The first-order chi connectivity index (χ1) is 11.7. The minimum atomic E-state index is -0.0472. The lowest BCUT2D eigenvalue weighted by molar-refractivity contribution is 0.0743. The summed E-state index contributed by atoms with van der Waals surface area (Å²) in [6.07, 6.45) is 0. The second kappa shape index (κ2) is 9.67. The number of nitrogens with zero attached hydrogens (tertiary/aromatic N) is 1. The molecule has 6 heteroatoms. The molecule has 2 aromatic rings. The average molecular weight is 368 g/mol. The van der Waals surface area contributed by atoms with Gasteiger partial charge in [0.2, 0.25) is 0 Å². The molecule has 24 heavy (non-hydrogen) atoms. The Morgan fingerprint density at radius 1 is 1.17 bits per heavy atom. The summed E-state index contributed by atoms with van der Waals surface area (Å²) in [5.74, 6) is 0.541. The molecule has 0 atom stereocenters. The number of para-hydroxylation sites is 1. The van der Waals surface area contributed by atoms with Gasteiger partial charge in [0, 0.05) is 18.0 Å². The van der Waals surface area contributed by atoms with Crippen LogP contribution in [0.25, 0.3) is 0 Å². The molecular formula is C18H22ClNO3S. The maximum atomic E-state index is 12.9. The number of hydrogen-bond donors (Lipinski definition) is 0. The summed E-state index contributed by atoms with van der Waals surface area (Å²) in [6, 6.07) is 11.1. The van der Waals surface area contributed by atoms with Crippen LogP contribution in [-0.4, -0.2) is 37.2 Å². The van der Waals surface area contributed by atoms with Crippen molar-refractivity contribution in [2.75, 3.05) is 26.4 Å². The average Bonchev–Trinajstić information content (AvgIpc) is 3.01. The van der Waals surface area contributed by atoms with Crippen LogP contribution in [0.2, 0.25) is 4.34 Å². The Balaban J connectivity index is 2.08. The molecule has 0 bridgehead atoms. The van der Waals surface area contributed by atoms with Gasteiger partial charge in [-0.25, -0.2) is 0 Å². The van der Waals surface area contributed by atoms with Crippen molar-refractivity contribution >= 4 is 28.8 Å². The molecule has 1 aromatic carbocycles. The Morgan fingerprint density at radius 3 is 2.62 bits per heavy atom. The summed E-state index contributed by atoms with van der Waals surface area (Å²) >= 11 is 7.47. The maximum Gasteiger partial charge on any atom is 0.257 e. The van der Waals surface area contributed by atoms with Crippen molar-refractivity contribution in [3.05, 3.63) is 51.2 Å². The van der Waals surface area contributed by atoms with Crippen LogP contribution in [0.5, 0.6) is 5.75 Å². The molecule has 0 unspecified atom stereocenters. The number of ether oxygens (including phenoxy) is 2. The highest BCUT2D eigenvalue weighted by molar-refractivity contribution is 7.16. The molecule has 1 aromatic heterocycles. The highest BCUT2D eigenvalue weighted by atomic mass is 35.5. The first-order valence-corrected chi connectivity index (χ1v) is 9.18. The number of carbonyl (C=O) groups excluding carboxylic acids is 1. The number of thiophene rings is 1. The van der Waals surface area contributed by atoms with Gasteiger partial charge in [-0.05, 0) is 38.1 Å². The zero-order valence-corrected chi connectivity index (χ0v) is 15.5. The molecule has 0 saturated heterocycles. The number of rotatable bonds is 9. The van der Waals surface area contributed by atoms with E-state index < -0.39 is 0 Å². The van der Waals surface area contributed by atoms with E-state index in [1.165, 1.54) is 11.3 Å². The molecule has 0 N–H and O–H groups in total. The van der Waals surface area contributed by atoms with E-state index in [1.54, 1.807) is 11.0 Å². The molecule has 2 rings (SSSR count). The Hall–Kier alpha value is -1.56. The summed E-state index contributed by atoms with van der Waals surface area (Å²) in [7, 11) is 0. The SMILES string of the molecule is CCOCCOc1ccccc1C(=O)N(CC)Cc1ccc(Cl)s1. The summed E-state index contributed by atoms with van der Waals surface area (Å²) in [4.78, 5) is 15.7. The van der Waals surface area contributed by atoms with Crippen molar-refractivity contribution in [2.45, 2.75) is 20.4 Å². The van der Waals surface area contributed by atoms with E-state index in [4.69, 9.17) is 21.1 Å². The molecule has 0 spiro atoms. The Kier molecular flexibility index (Phi) is 7.56. The number of amides is 1. The van der Waals surface area contributed by atoms with Crippen molar-refractivity contribution in [2.24, 2.45) is 0 Å². The van der Waals surface area contributed by atoms with Gasteiger partial charge >= 0.3 is 0 Å². The highest BCUT2D eigenvalue weighted by Crippen LogP contribution is 2.25. The molecule has 0 aliphatic rings. The Morgan fingerprint density at radius 2 is 1.96 bits per heavy atom. The van der Waals surface area contributed by atoms with Gasteiger partial charge < -0.3 is 14.4 Å². The Bertz CT molecular complexity index is 659. The molecule has 130 valence electrons. The zero-order chi connectivity index (χ0) is 17.4. The monoisotopic (exact) mass is 367 g/mol. The van der Waals surface area contributed by atoms with E-state index in [1.807, 2.05) is 44.2 Å². The minimum absolute atomic E-state index is 0.0472. The quantitative estimate of drug-likeness (QED) is 0.613. The predicted molar refractivity (Wildman–Crippen MR) is 98.2 cm³/mol. The first kappa shape index (κ1) is 18.8. The minimum Gasteiger partial charge on any atom is -0.490 e. The second-order valence-corrected chi connectivity index (χ2v) is 6.87. The summed E-state index contributed by atoms with van der Waals surface area (Å²) in [6.45, 7) is 6.63. The fourth-order valence-electron chi connectivity index (χ4n) is 2.25. The van der Waals surface area contributed by atoms with Crippen LogP contribution in [0.3, 0.4) is 0 Å². The molecule has 4 nitrogen and oxygen atoms in total. The molecule has 0 radical (unpaired) electrons. The largest absolute Gasteiger partial charge is 0.490 e. The molecule has 0 saturated carbocycles. The molecule has 1 heterocycles. The van der Waals surface area contributed by atoms with E-state index in [-0.39, 0.29) is 5.91 Å². The van der Waals surface area contributed by atoms with Gasteiger partial charge in [0.1, 0.15) is 12.4 Å². The topological polar surface area (TPSA) is 38.8 Å². The fraction of sp³-hybridized carbons (Fsp3) is 0.389. The normalized spacial score (nSPS) is 10.6. The molecule has 0 aliphatic carbocycles. The van der Waals surface area contributed by atoms with Crippen LogP contribution in [-0.2, 0) is 11.3 Å². The van der Waals surface area contributed by atoms with Gasteiger partial charge in [0.05, 0.1) is 23.1 Å². The van der Waals surface area contributed by atoms with Gasteiger partial charge in [0.15, 0.2) is 0 Å². The van der Waals surface area contributed by atoms with Crippen LogP contribution in [0.1, 0.15) is 29.1 Å². The third kappa shape index (κ3) is 5.23. The molecule has 0 aliphatic heterocycles. The summed E-state index contributed by atoms with van der Waals surface area (Å²) in [5, 5.41) is 0. The second-order valence-electron chi connectivity index (χ2n) is 5.07. The highest BCUT2D eigenvalue weighted by Gasteiger charge is 2.19. The van der Waals surface area contributed by atoms with E-state index >= 15 is 0 Å². The molecule has 1 amide bonds.